The van der Waals surface area contributed by atoms with Crippen LogP contribution in [0.1, 0.15) is 40.5 Å². The highest BCUT2D eigenvalue weighted by atomic mass is 127. The molecule has 0 N–H and O–H groups in total. The third-order valence-corrected chi connectivity index (χ3v) is 4.70. The van der Waals surface area contributed by atoms with Crippen LogP contribution in [0.3, 0.4) is 0 Å². The van der Waals surface area contributed by atoms with Crippen LogP contribution < -0.4 is 0 Å². The van der Waals surface area contributed by atoms with Gasteiger partial charge in [-0.3, -0.25) is 14.4 Å². The zero-order valence-corrected chi connectivity index (χ0v) is 17.0. The second-order valence-corrected chi connectivity index (χ2v) is 7.10. The number of hydrogen-bond donors (Lipinski definition) is 0. The van der Waals surface area contributed by atoms with Crippen LogP contribution in [-0.4, -0.2) is 59.6 Å². The zero-order chi connectivity index (χ0) is 19.0. The van der Waals surface area contributed by atoms with E-state index in [1.807, 2.05) is 6.92 Å². The molecule has 5 unspecified atom stereocenters. The number of esters is 3. The van der Waals surface area contributed by atoms with Crippen LogP contribution >= 0.6 is 22.6 Å². The normalized spacial score (nSPS) is 28.9. The van der Waals surface area contributed by atoms with Gasteiger partial charge in [0.2, 0.25) is 0 Å². The third kappa shape index (κ3) is 7.45. The first-order valence-corrected chi connectivity index (χ1v) is 9.39. The molecule has 9 heteroatoms. The third-order valence-electron chi connectivity index (χ3n) is 3.41. The average molecular weight is 472 g/mol. The van der Waals surface area contributed by atoms with Crippen LogP contribution in [0.2, 0.25) is 0 Å². The van der Waals surface area contributed by atoms with Crippen molar-refractivity contribution >= 4 is 40.5 Å². The van der Waals surface area contributed by atoms with Crippen LogP contribution in [0.5, 0.6) is 0 Å². The first-order chi connectivity index (χ1) is 11.8. The van der Waals surface area contributed by atoms with E-state index in [0.29, 0.717) is 6.61 Å². The number of alkyl halides is 1. The summed E-state index contributed by atoms with van der Waals surface area (Å²) in [5.74, 6) is -1.55. The molecular weight excluding hydrogens is 447 g/mol. The molecule has 1 aliphatic rings. The summed E-state index contributed by atoms with van der Waals surface area (Å²) in [6.45, 7) is 6.17. The maximum absolute atomic E-state index is 11.5. The Bertz CT molecular complexity index is 469. The van der Waals surface area contributed by atoms with Gasteiger partial charge in [-0.15, -0.1) is 0 Å². The molecule has 1 fully saturated rings. The number of carbonyl (C=O) groups excluding carboxylic acids is 3. The van der Waals surface area contributed by atoms with Crippen molar-refractivity contribution in [2.45, 2.75) is 69.1 Å². The van der Waals surface area contributed by atoms with Gasteiger partial charge < -0.3 is 23.7 Å². The lowest BCUT2D eigenvalue weighted by Gasteiger charge is -2.43. The van der Waals surface area contributed by atoms with Gasteiger partial charge in [0.05, 0.1) is 0 Å². The Hall–Kier alpha value is -0.940. The lowest BCUT2D eigenvalue weighted by molar-refractivity contribution is -0.260. The number of hydrogen-bond acceptors (Lipinski definition) is 8. The first kappa shape index (κ1) is 22.1. The summed E-state index contributed by atoms with van der Waals surface area (Å²) in [5, 5.41) is 0. The van der Waals surface area contributed by atoms with E-state index in [4.69, 9.17) is 23.7 Å². The molecule has 0 aromatic heterocycles. The molecule has 0 aromatic rings. The van der Waals surface area contributed by atoms with E-state index in [-0.39, 0.29) is 6.61 Å². The van der Waals surface area contributed by atoms with Gasteiger partial charge in [0.25, 0.3) is 0 Å². The number of halogens is 1. The van der Waals surface area contributed by atoms with E-state index in [9.17, 15) is 14.4 Å². The van der Waals surface area contributed by atoms with Gasteiger partial charge in [-0.25, -0.2) is 0 Å². The van der Waals surface area contributed by atoms with Crippen molar-refractivity contribution in [3.05, 3.63) is 0 Å². The molecule has 1 heterocycles. The molecule has 0 radical (unpaired) electrons. The molecule has 0 amide bonds. The van der Waals surface area contributed by atoms with E-state index in [1.54, 1.807) is 0 Å². The minimum absolute atomic E-state index is 0.137. The Kier molecular flexibility index (Phi) is 9.65. The Morgan fingerprint density at radius 3 is 2.12 bits per heavy atom. The topological polar surface area (TPSA) is 97.4 Å². The summed E-state index contributed by atoms with van der Waals surface area (Å²) >= 11 is 2.05. The van der Waals surface area contributed by atoms with Crippen molar-refractivity contribution in [3.8, 4) is 0 Å². The quantitative estimate of drug-likeness (QED) is 0.173. The van der Waals surface area contributed by atoms with Crippen molar-refractivity contribution in [1.82, 2.24) is 0 Å². The molecule has 144 valence electrons. The van der Waals surface area contributed by atoms with Gasteiger partial charge in [0, 0.05) is 27.4 Å². The van der Waals surface area contributed by atoms with Gasteiger partial charge in [-0.05, 0) is 6.42 Å². The Morgan fingerprint density at radius 1 is 1.00 bits per heavy atom. The smallest absolute Gasteiger partial charge is 0.303 e. The molecule has 25 heavy (non-hydrogen) atoms. The molecule has 0 bridgehead atoms. The Labute approximate surface area is 161 Å². The van der Waals surface area contributed by atoms with E-state index < -0.39 is 46.4 Å². The van der Waals surface area contributed by atoms with Crippen molar-refractivity contribution < 1.29 is 38.1 Å². The molecule has 1 saturated heterocycles. The summed E-state index contributed by atoms with van der Waals surface area (Å²) in [4.78, 5) is 34.1. The van der Waals surface area contributed by atoms with Crippen LogP contribution in [0, 0.1) is 0 Å². The van der Waals surface area contributed by atoms with E-state index in [1.165, 1.54) is 20.8 Å². The summed E-state index contributed by atoms with van der Waals surface area (Å²) in [7, 11) is 0. The first-order valence-electron chi connectivity index (χ1n) is 8.15. The van der Waals surface area contributed by atoms with E-state index >= 15 is 0 Å². The standard InChI is InChI=1S/C16H25IO8/c1-5-6-7-21-16-13(17)15(24-11(4)20)14(23-10(3)19)12(25-16)8-22-9(2)18/h12-16H,5-8H2,1-4H3. The lowest BCUT2D eigenvalue weighted by Crippen LogP contribution is -2.60. The van der Waals surface area contributed by atoms with Crippen LogP contribution in [0.25, 0.3) is 0 Å². The van der Waals surface area contributed by atoms with Crippen molar-refractivity contribution in [1.29, 1.82) is 0 Å². The molecule has 5 atom stereocenters. The summed E-state index contributed by atoms with van der Waals surface area (Å²) in [6.07, 6.45) is -1.34. The summed E-state index contributed by atoms with van der Waals surface area (Å²) in [6, 6.07) is 0. The van der Waals surface area contributed by atoms with E-state index in [2.05, 4.69) is 22.6 Å². The highest BCUT2D eigenvalue weighted by Gasteiger charge is 2.49. The number of unbranched alkanes of at least 4 members (excludes halogenated alkanes) is 1. The van der Waals surface area contributed by atoms with Crippen LogP contribution in [0.15, 0.2) is 0 Å². The van der Waals surface area contributed by atoms with Crippen molar-refractivity contribution in [2.75, 3.05) is 13.2 Å². The molecule has 1 rings (SSSR count). The van der Waals surface area contributed by atoms with Gasteiger partial charge in [-0.2, -0.15) is 0 Å². The maximum Gasteiger partial charge on any atom is 0.303 e. The number of carbonyl (C=O) groups is 3. The second-order valence-electron chi connectivity index (χ2n) is 5.66. The average Bonchev–Trinajstić information content (AvgIpc) is 2.51. The van der Waals surface area contributed by atoms with Crippen LogP contribution in [-0.2, 0) is 38.1 Å². The van der Waals surface area contributed by atoms with Gasteiger partial charge in [-0.1, -0.05) is 35.9 Å². The predicted octanol–water partition coefficient (Wildman–Crippen LogP) is 1.76. The fourth-order valence-corrected chi connectivity index (χ4v) is 3.27. The monoisotopic (exact) mass is 472 g/mol. The van der Waals surface area contributed by atoms with Crippen molar-refractivity contribution in [3.63, 3.8) is 0 Å². The van der Waals surface area contributed by atoms with Gasteiger partial charge in [0.1, 0.15) is 16.6 Å². The predicted molar refractivity (Wildman–Crippen MR) is 95.1 cm³/mol. The molecule has 0 aromatic carbocycles. The van der Waals surface area contributed by atoms with Crippen molar-refractivity contribution in [2.24, 2.45) is 0 Å². The zero-order valence-electron chi connectivity index (χ0n) is 14.9. The number of rotatable bonds is 8. The molecular formula is C16H25IO8. The van der Waals surface area contributed by atoms with E-state index in [0.717, 1.165) is 12.8 Å². The highest BCUT2D eigenvalue weighted by Crippen LogP contribution is 2.32. The highest BCUT2D eigenvalue weighted by molar-refractivity contribution is 14.1. The molecule has 8 nitrogen and oxygen atoms in total. The Morgan fingerprint density at radius 2 is 1.60 bits per heavy atom. The largest absolute Gasteiger partial charge is 0.463 e. The summed E-state index contributed by atoms with van der Waals surface area (Å²) in [5.41, 5.74) is 0. The Balaban J connectivity index is 2.98. The minimum Gasteiger partial charge on any atom is -0.463 e. The second kappa shape index (κ2) is 10.9. The molecule has 0 saturated carbocycles. The fourth-order valence-electron chi connectivity index (χ4n) is 2.34. The molecule has 1 aliphatic heterocycles. The molecule has 0 spiro atoms. The van der Waals surface area contributed by atoms with Crippen LogP contribution in [0.4, 0.5) is 0 Å². The lowest BCUT2D eigenvalue weighted by atomic mass is 10.0. The van der Waals surface area contributed by atoms with Gasteiger partial charge >= 0.3 is 17.9 Å². The van der Waals surface area contributed by atoms with Gasteiger partial charge in [0.15, 0.2) is 18.5 Å². The maximum atomic E-state index is 11.5. The fraction of sp³-hybridized carbons (Fsp3) is 0.812. The minimum atomic E-state index is -0.895. The SMILES string of the molecule is CCCCOC1OC(COC(C)=O)C(OC(C)=O)C(OC(C)=O)C1I. The number of ether oxygens (including phenoxy) is 5. The molecule has 0 aliphatic carbocycles. The summed E-state index contributed by atoms with van der Waals surface area (Å²) < 4.78 is 26.9.